The number of carbonyl (C=O) groups excluding carboxylic acids is 1. The zero-order valence-electron chi connectivity index (χ0n) is 12.2. The van der Waals surface area contributed by atoms with E-state index in [2.05, 4.69) is 12.2 Å². The standard InChI is InChI=1S/C16H23NO2/c1-5-12-10-16(12,4)15(18)17-13-6-8-14(9-7-13)19-11(2)3/h6-9,11-12H,5,10H2,1-4H3,(H,17,18). The van der Waals surface area contributed by atoms with Crippen LogP contribution in [0.4, 0.5) is 5.69 Å². The topological polar surface area (TPSA) is 38.3 Å². The first-order valence-electron chi connectivity index (χ1n) is 7.04. The summed E-state index contributed by atoms with van der Waals surface area (Å²) in [7, 11) is 0. The molecule has 19 heavy (non-hydrogen) atoms. The molecule has 0 bridgehead atoms. The quantitative estimate of drug-likeness (QED) is 0.874. The fourth-order valence-electron chi connectivity index (χ4n) is 2.49. The van der Waals surface area contributed by atoms with Crippen LogP contribution in [0.15, 0.2) is 24.3 Å². The normalized spacial score (nSPS) is 25.2. The van der Waals surface area contributed by atoms with Crippen LogP contribution in [0.1, 0.15) is 40.5 Å². The fraction of sp³-hybridized carbons (Fsp3) is 0.562. The minimum absolute atomic E-state index is 0.136. The third-order valence-electron chi connectivity index (χ3n) is 3.91. The molecule has 1 aliphatic rings. The summed E-state index contributed by atoms with van der Waals surface area (Å²) in [5, 5.41) is 2.99. The molecule has 1 aromatic carbocycles. The van der Waals surface area contributed by atoms with Gasteiger partial charge in [-0.2, -0.15) is 0 Å². The van der Waals surface area contributed by atoms with Crippen LogP contribution in [-0.4, -0.2) is 12.0 Å². The number of carbonyl (C=O) groups is 1. The molecule has 0 aliphatic heterocycles. The van der Waals surface area contributed by atoms with Gasteiger partial charge in [0.15, 0.2) is 0 Å². The molecule has 0 heterocycles. The highest BCUT2D eigenvalue weighted by molar-refractivity contribution is 5.97. The summed E-state index contributed by atoms with van der Waals surface area (Å²) in [5.41, 5.74) is 0.672. The number of benzene rings is 1. The predicted octanol–water partition coefficient (Wildman–Crippen LogP) is 3.85. The number of hydrogen-bond acceptors (Lipinski definition) is 2. The van der Waals surface area contributed by atoms with Crippen molar-refractivity contribution in [2.24, 2.45) is 11.3 Å². The van der Waals surface area contributed by atoms with Crippen LogP contribution in [0.2, 0.25) is 0 Å². The molecule has 1 saturated carbocycles. The Bertz CT molecular complexity index is 452. The Labute approximate surface area is 115 Å². The molecular formula is C16H23NO2. The molecule has 0 saturated heterocycles. The van der Waals surface area contributed by atoms with E-state index in [0.717, 1.165) is 24.3 Å². The van der Waals surface area contributed by atoms with E-state index in [1.807, 2.05) is 45.0 Å². The van der Waals surface area contributed by atoms with Crippen LogP contribution in [0.5, 0.6) is 5.75 Å². The van der Waals surface area contributed by atoms with E-state index in [1.165, 1.54) is 0 Å². The number of nitrogens with one attached hydrogen (secondary N) is 1. The Morgan fingerprint density at radius 2 is 2.05 bits per heavy atom. The largest absolute Gasteiger partial charge is 0.491 e. The van der Waals surface area contributed by atoms with Crippen molar-refractivity contribution in [3.05, 3.63) is 24.3 Å². The molecule has 104 valence electrons. The molecule has 0 radical (unpaired) electrons. The van der Waals surface area contributed by atoms with Gasteiger partial charge in [-0.3, -0.25) is 4.79 Å². The summed E-state index contributed by atoms with van der Waals surface area (Å²) in [6.45, 7) is 8.18. The number of rotatable bonds is 5. The van der Waals surface area contributed by atoms with Crippen LogP contribution in [0, 0.1) is 11.3 Å². The average molecular weight is 261 g/mol. The van der Waals surface area contributed by atoms with Gasteiger partial charge in [-0.1, -0.05) is 20.3 Å². The molecule has 1 aromatic rings. The summed E-state index contributed by atoms with van der Waals surface area (Å²) in [5.74, 6) is 1.50. The van der Waals surface area contributed by atoms with Crippen LogP contribution in [0.25, 0.3) is 0 Å². The van der Waals surface area contributed by atoms with E-state index < -0.39 is 0 Å². The lowest BCUT2D eigenvalue weighted by Gasteiger charge is -2.13. The Morgan fingerprint density at radius 3 is 2.53 bits per heavy atom. The average Bonchev–Trinajstić information content (AvgIpc) is 3.04. The monoisotopic (exact) mass is 261 g/mol. The van der Waals surface area contributed by atoms with Crippen molar-refractivity contribution >= 4 is 11.6 Å². The van der Waals surface area contributed by atoms with E-state index in [4.69, 9.17) is 4.74 Å². The van der Waals surface area contributed by atoms with Gasteiger partial charge in [-0.25, -0.2) is 0 Å². The highest BCUT2D eigenvalue weighted by atomic mass is 16.5. The van der Waals surface area contributed by atoms with E-state index in [9.17, 15) is 4.79 Å². The highest BCUT2D eigenvalue weighted by Gasteiger charge is 2.54. The minimum atomic E-state index is -0.165. The Kier molecular flexibility index (Phi) is 3.83. The molecule has 0 aromatic heterocycles. The van der Waals surface area contributed by atoms with Gasteiger partial charge >= 0.3 is 0 Å². The smallest absolute Gasteiger partial charge is 0.230 e. The summed E-state index contributed by atoms with van der Waals surface area (Å²) >= 11 is 0. The van der Waals surface area contributed by atoms with Crippen LogP contribution in [-0.2, 0) is 4.79 Å². The zero-order chi connectivity index (χ0) is 14.0. The lowest BCUT2D eigenvalue weighted by atomic mass is 10.0. The van der Waals surface area contributed by atoms with Crippen molar-refractivity contribution < 1.29 is 9.53 Å². The van der Waals surface area contributed by atoms with Gasteiger partial charge in [-0.05, 0) is 50.5 Å². The van der Waals surface area contributed by atoms with Crippen molar-refractivity contribution in [2.75, 3.05) is 5.32 Å². The summed E-state index contributed by atoms with van der Waals surface area (Å²) in [4.78, 5) is 12.2. The maximum atomic E-state index is 12.2. The number of anilines is 1. The third kappa shape index (κ3) is 3.09. The lowest BCUT2D eigenvalue weighted by Crippen LogP contribution is -2.23. The molecule has 1 aliphatic carbocycles. The van der Waals surface area contributed by atoms with Gasteiger partial charge in [0.05, 0.1) is 6.10 Å². The second-order valence-electron chi connectivity index (χ2n) is 5.87. The Balaban J connectivity index is 1.95. The van der Waals surface area contributed by atoms with Gasteiger partial charge < -0.3 is 10.1 Å². The maximum absolute atomic E-state index is 12.2. The molecule has 3 nitrogen and oxygen atoms in total. The minimum Gasteiger partial charge on any atom is -0.491 e. The van der Waals surface area contributed by atoms with Crippen molar-refractivity contribution in [3.8, 4) is 5.75 Å². The van der Waals surface area contributed by atoms with Gasteiger partial charge in [0, 0.05) is 11.1 Å². The predicted molar refractivity (Wildman–Crippen MR) is 77.3 cm³/mol. The maximum Gasteiger partial charge on any atom is 0.230 e. The first-order chi connectivity index (χ1) is 8.95. The molecule has 3 heteroatoms. The van der Waals surface area contributed by atoms with Crippen molar-refractivity contribution in [1.29, 1.82) is 0 Å². The van der Waals surface area contributed by atoms with Gasteiger partial charge in [-0.15, -0.1) is 0 Å². The molecule has 2 atom stereocenters. The molecule has 2 unspecified atom stereocenters. The fourth-order valence-corrected chi connectivity index (χ4v) is 2.49. The summed E-state index contributed by atoms with van der Waals surface area (Å²) < 4.78 is 5.58. The van der Waals surface area contributed by atoms with E-state index in [1.54, 1.807) is 0 Å². The summed E-state index contributed by atoms with van der Waals surface area (Å²) in [6.07, 6.45) is 2.24. The van der Waals surface area contributed by atoms with Crippen LogP contribution < -0.4 is 10.1 Å². The van der Waals surface area contributed by atoms with Gasteiger partial charge in [0.25, 0.3) is 0 Å². The molecule has 1 amide bonds. The molecular weight excluding hydrogens is 238 g/mol. The Hall–Kier alpha value is -1.51. The van der Waals surface area contributed by atoms with E-state index >= 15 is 0 Å². The SMILES string of the molecule is CCC1CC1(C)C(=O)Nc1ccc(OC(C)C)cc1. The van der Waals surface area contributed by atoms with Gasteiger partial charge in [0.1, 0.15) is 5.75 Å². The first-order valence-corrected chi connectivity index (χ1v) is 7.04. The van der Waals surface area contributed by atoms with Crippen molar-refractivity contribution in [1.82, 2.24) is 0 Å². The first kappa shape index (κ1) is 13.9. The summed E-state index contributed by atoms with van der Waals surface area (Å²) in [6, 6.07) is 7.56. The third-order valence-corrected chi connectivity index (χ3v) is 3.91. The second-order valence-corrected chi connectivity index (χ2v) is 5.87. The zero-order valence-corrected chi connectivity index (χ0v) is 12.2. The van der Waals surface area contributed by atoms with Crippen LogP contribution >= 0.6 is 0 Å². The van der Waals surface area contributed by atoms with Gasteiger partial charge in [0.2, 0.25) is 5.91 Å². The lowest BCUT2D eigenvalue weighted by molar-refractivity contribution is -0.121. The number of ether oxygens (including phenoxy) is 1. The highest BCUT2D eigenvalue weighted by Crippen LogP contribution is 2.54. The van der Waals surface area contributed by atoms with E-state index in [-0.39, 0.29) is 17.4 Å². The molecule has 2 rings (SSSR count). The van der Waals surface area contributed by atoms with Crippen molar-refractivity contribution in [3.63, 3.8) is 0 Å². The van der Waals surface area contributed by atoms with Crippen LogP contribution in [0.3, 0.4) is 0 Å². The molecule has 1 fully saturated rings. The second kappa shape index (κ2) is 5.24. The van der Waals surface area contributed by atoms with Crippen molar-refractivity contribution in [2.45, 2.75) is 46.6 Å². The molecule has 1 N–H and O–H groups in total. The van der Waals surface area contributed by atoms with E-state index in [0.29, 0.717) is 5.92 Å². The number of amides is 1. The molecule has 0 spiro atoms. The number of hydrogen-bond donors (Lipinski definition) is 1. The Morgan fingerprint density at radius 1 is 1.42 bits per heavy atom.